The first-order valence-corrected chi connectivity index (χ1v) is 7.92. The SMILES string of the molecule is CCCCC(CC)CC(CC)C(C)NCCC. The molecular weight excluding hydrogens is 206 g/mol. The van der Waals surface area contributed by atoms with E-state index in [0.717, 1.165) is 11.8 Å². The molecule has 0 fully saturated rings. The van der Waals surface area contributed by atoms with E-state index in [2.05, 4.69) is 39.9 Å². The van der Waals surface area contributed by atoms with E-state index in [9.17, 15) is 0 Å². The van der Waals surface area contributed by atoms with Crippen molar-refractivity contribution in [3.05, 3.63) is 0 Å². The molecular formula is C16H35N. The second kappa shape index (κ2) is 11.1. The summed E-state index contributed by atoms with van der Waals surface area (Å²) in [6, 6.07) is 0.690. The van der Waals surface area contributed by atoms with Crippen molar-refractivity contribution >= 4 is 0 Å². The third kappa shape index (κ3) is 7.81. The Morgan fingerprint density at radius 1 is 0.941 bits per heavy atom. The number of unbranched alkanes of at least 4 members (excludes halogenated alkanes) is 1. The van der Waals surface area contributed by atoms with Crippen molar-refractivity contribution in [3.63, 3.8) is 0 Å². The number of hydrogen-bond donors (Lipinski definition) is 1. The third-order valence-corrected chi connectivity index (χ3v) is 4.13. The van der Waals surface area contributed by atoms with E-state index in [1.807, 2.05) is 0 Å². The molecule has 3 atom stereocenters. The van der Waals surface area contributed by atoms with Gasteiger partial charge in [0.2, 0.25) is 0 Å². The normalized spacial score (nSPS) is 16.8. The van der Waals surface area contributed by atoms with Crippen LogP contribution in [0.1, 0.15) is 79.6 Å². The minimum absolute atomic E-state index is 0.690. The van der Waals surface area contributed by atoms with E-state index in [4.69, 9.17) is 0 Å². The second-order valence-electron chi connectivity index (χ2n) is 5.56. The first-order chi connectivity index (χ1) is 8.19. The molecule has 1 N–H and O–H groups in total. The molecule has 0 aliphatic heterocycles. The van der Waals surface area contributed by atoms with E-state index in [1.165, 1.54) is 51.5 Å². The van der Waals surface area contributed by atoms with Crippen LogP contribution in [0.3, 0.4) is 0 Å². The van der Waals surface area contributed by atoms with Crippen molar-refractivity contribution in [2.45, 2.75) is 85.6 Å². The Kier molecular flexibility index (Phi) is 11.0. The lowest BCUT2D eigenvalue weighted by molar-refractivity contribution is 0.274. The molecule has 0 aliphatic rings. The standard InChI is InChI=1S/C16H35N/c1-6-10-11-15(8-3)13-16(9-4)14(5)17-12-7-2/h14-17H,6-13H2,1-5H3. The first kappa shape index (κ1) is 17.0. The first-order valence-electron chi connectivity index (χ1n) is 7.92. The Balaban J connectivity index is 4.05. The van der Waals surface area contributed by atoms with E-state index in [0.29, 0.717) is 6.04 Å². The molecule has 0 aromatic carbocycles. The van der Waals surface area contributed by atoms with Gasteiger partial charge >= 0.3 is 0 Å². The molecule has 1 heteroatoms. The predicted octanol–water partition coefficient (Wildman–Crippen LogP) is 5.01. The van der Waals surface area contributed by atoms with Crippen LogP contribution in [0.5, 0.6) is 0 Å². The van der Waals surface area contributed by atoms with Crippen LogP contribution < -0.4 is 5.32 Å². The molecule has 1 nitrogen and oxygen atoms in total. The highest BCUT2D eigenvalue weighted by Crippen LogP contribution is 2.25. The molecule has 0 saturated heterocycles. The molecule has 0 radical (unpaired) electrons. The van der Waals surface area contributed by atoms with Crippen LogP contribution in [0, 0.1) is 11.8 Å². The Labute approximate surface area is 110 Å². The van der Waals surface area contributed by atoms with Gasteiger partial charge in [-0.15, -0.1) is 0 Å². The average Bonchev–Trinajstić information content (AvgIpc) is 2.36. The summed E-state index contributed by atoms with van der Waals surface area (Å²) in [4.78, 5) is 0. The number of hydrogen-bond acceptors (Lipinski definition) is 1. The lowest BCUT2D eigenvalue weighted by atomic mass is 9.84. The zero-order chi connectivity index (χ0) is 13.1. The molecule has 0 aromatic heterocycles. The van der Waals surface area contributed by atoms with Crippen LogP contribution in [-0.4, -0.2) is 12.6 Å². The van der Waals surface area contributed by atoms with Gasteiger partial charge in [-0.2, -0.15) is 0 Å². The molecule has 0 aromatic rings. The fourth-order valence-electron chi connectivity index (χ4n) is 2.67. The highest BCUT2D eigenvalue weighted by Gasteiger charge is 2.18. The Morgan fingerprint density at radius 3 is 2.12 bits per heavy atom. The van der Waals surface area contributed by atoms with Gasteiger partial charge in [-0.1, -0.05) is 59.8 Å². The molecule has 0 saturated carbocycles. The minimum Gasteiger partial charge on any atom is -0.314 e. The summed E-state index contributed by atoms with van der Waals surface area (Å²) in [5, 5.41) is 3.67. The Bertz CT molecular complexity index is 156. The van der Waals surface area contributed by atoms with Crippen molar-refractivity contribution < 1.29 is 0 Å². The van der Waals surface area contributed by atoms with Crippen molar-refractivity contribution in [2.75, 3.05) is 6.54 Å². The van der Waals surface area contributed by atoms with Gasteiger partial charge < -0.3 is 5.32 Å². The van der Waals surface area contributed by atoms with Gasteiger partial charge in [-0.25, -0.2) is 0 Å². The summed E-state index contributed by atoms with van der Waals surface area (Å²) in [6.07, 6.45) is 9.53. The van der Waals surface area contributed by atoms with Gasteiger partial charge in [0.25, 0.3) is 0 Å². The zero-order valence-corrected chi connectivity index (χ0v) is 12.9. The van der Waals surface area contributed by atoms with Crippen molar-refractivity contribution in [3.8, 4) is 0 Å². The number of rotatable bonds is 11. The summed E-state index contributed by atoms with van der Waals surface area (Å²) in [6.45, 7) is 12.8. The monoisotopic (exact) mass is 241 g/mol. The highest BCUT2D eigenvalue weighted by atomic mass is 14.9. The maximum Gasteiger partial charge on any atom is 0.00669 e. The van der Waals surface area contributed by atoms with Crippen LogP contribution in [0.25, 0.3) is 0 Å². The summed E-state index contributed by atoms with van der Waals surface area (Å²) >= 11 is 0. The Hall–Kier alpha value is -0.0400. The van der Waals surface area contributed by atoms with Crippen LogP contribution in [-0.2, 0) is 0 Å². The summed E-state index contributed by atoms with van der Waals surface area (Å²) in [5.41, 5.74) is 0. The molecule has 3 unspecified atom stereocenters. The van der Waals surface area contributed by atoms with Gasteiger partial charge in [0.15, 0.2) is 0 Å². The van der Waals surface area contributed by atoms with Crippen molar-refractivity contribution in [1.82, 2.24) is 5.32 Å². The van der Waals surface area contributed by atoms with Gasteiger partial charge in [0.1, 0.15) is 0 Å². The van der Waals surface area contributed by atoms with Crippen LogP contribution in [0.2, 0.25) is 0 Å². The van der Waals surface area contributed by atoms with E-state index in [-0.39, 0.29) is 0 Å². The second-order valence-corrected chi connectivity index (χ2v) is 5.56. The highest BCUT2D eigenvalue weighted by molar-refractivity contribution is 4.74. The van der Waals surface area contributed by atoms with Crippen molar-refractivity contribution in [2.24, 2.45) is 11.8 Å². The van der Waals surface area contributed by atoms with Gasteiger partial charge in [0.05, 0.1) is 0 Å². The van der Waals surface area contributed by atoms with E-state index < -0.39 is 0 Å². The van der Waals surface area contributed by atoms with Crippen LogP contribution in [0.4, 0.5) is 0 Å². The molecule has 17 heavy (non-hydrogen) atoms. The van der Waals surface area contributed by atoms with Crippen molar-refractivity contribution in [1.29, 1.82) is 0 Å². The molecule has 0 heterocycles. The molecule has 104 valence electrons. The molecule has 0 amide bonds. The van der Waals surface area contributed by atoms with E-state index in [1.54, 1.807) is 0 Å². The van der Waals surface area contributed by atoms with Gasteiger partial charge in [-0.05, 0) is 38.1 Å². The maximum absolute atomic E-state index is 3.67. The minimum atomic E-state index is 0.690. The smallest absolute Gasteiger partial charge is 0.00669 e. The van der Waals surface area contributed by atoms with Crippen LogP contribution in [0.15, 0.2) is 0 Å². The molecule has 0 aliphatic carbocycles. The average molecular weight is 241 g/mol. The fraction of sp³-hybridized carbons (Fsp3) is 1.00. The summed E-state index contributed by atoms with van der Waals surface area (Å²) < 4.78 is 0. The zero-order valence-electron chi connectivity index (χ0n) is 12.9. The maximum atomic E-state index is 3.67. The lowest BCUT2D eigenvalue weighted by Gasteiger charge is -2.27. The Morgan fingerprint density at radius 2 is 1.65 bits per heavy atom. The topological polar surface area (TPSA) is 12.0 Å². The predicted molar refractivity (Wildman–Crippen MR) is 79.5 cm³/mol. The van der Waals surface area contributed by atoms with Gasteiger partial charge in [-0.3, -0.25) is 0 Å². The summed E-state index contributed by atoms with van der Waals surface area (Å²) in [7, 11) is 0. The van der Waals surface area contributed by atoms with Crippen LogP contribution >= 0.6 is 0 Å². The summed E-state index contributed by atoms with van der Waals surface area (Å²) in [5.74, 6) is 1.81. The third-order valence-electron chi connectivity index (χ3n) is 4.13. The van der Waals surface area contributed by atoms with E-state index >= 15 is 0 Å². The molecule has 0 spiro atoms. The molecule has 0 bridgehead atoms. The van der Waals surface area contributed by atoms with Gasteiger partial charge in [0, 0.05) is 6.04 Å². The largest absolute Gasteiger partial charge is 0.314 e. The fourth-order valence-corrected chi connectivity index (χ4v) is 2.67. The lowest BCUT2D eigenvalue weighted by Crippen LogP contribution is -2.34. The number of nitrogens with one attached hydrogen (secondary N) is 1. The quantitative estimate of drug-likeness (QED) is 0.536. The molecule has 0 rings (SSSR count).